The molecule has 0 aromatic heterocycles. The summed E-state index contributed by atoms with van der Waals surface area (Å²) >= 11 is 5.75. The van der Waals surface area contributed by atoms with Gasteiger partial charge in [0, 0.05) is 22.2 Å². The maximum Gasteiger partial charge on any atom is 0.271 e. The highest BCUT2D eigenvalue weighted by Gasteiger charge is 2.08. The summed E-state index contributed by atoms with van der Waals surface area (Å²) in [5, 5.41) is 14.0. The van der Waals surface area contributed by atoms with Crippen molar-refractivity contribution in [2.24, 2.45) is 5.10 Å². The Morgan fingerprint density at radius 2 is 2.05 bits per heavy atom. The van der Waals surface area contributed by atoms with Gasteiger partial charge >= 0.3 is 0 Å². The minimum Gasteiger partial charge on any atom is -0.507 e. The van der Waals surface area contributed by atoms with E-state index in [4.69, 9.17) is 11.6 Å². The molecule has 114 valence electrons. The van der Waals surface area contributed by atoms with Crippen LogP contribution >= 0.6 is 11.6 Å². The van der Waals surface area contributed by atoms with Crippen LogP contribution in [-0.4, -0.2) is 31.3 Å². The molecule has 0 aliphatic rings. The van der Waals surface area contributed by atoms with Crippen molar-refractivity contribution in [2.45, 2.75) is 0 Å². The summed E-state index contributed by atoms with van der Waals surface area (Å²) < 4.78 is 0. The van der Waals surface area contributed by atoms with Crippen molar-refractivity contribution in [3.8, 4) is 5.75 Å². The number of hydrogen-bond acceptors (Lipinski definition) is 3. The van der Waals surface area contributed by atoms with Crippen LogP contribution in [0.15, 0.2) is 47.6 Å². The van der Waals surface area contributed by atoms with Crippen LogP contribution in [0.5, 0.6) is 5.75 Å². The van der Waals surface area contributed by atoms with Crippen LogP contribution in [0.1, 0.15) is 15.9 Å². The third-order valence-electron chi connectivity index (χ3n) is 3.06. The first-order valence-electron chi connectivity index (χ1n) is 6.70. The molecule has 0 bridgehead atoms. The number of phenols is 1. The number of hydrazone groups is 1. The molecule has 2 rings (SSSR count). The molecule has 3 N–H and O–H groups in total. The topological polar surface area (TPSA) is 66.1 Å². The van der Waals surface area contributed by atoms with E-state index >= 15 is 0 Å². The van der Waals surface area contributed by atoms with Crippen LogP contribution in [0.3, 0.4) is 0 Å². The fourth-order valence-electron chi connectivity index (χ4n) is 1.82. The van der Waals surface area contributed by atoms with Gasteiger partial charge in [0.25, 0.3) is 5.91 Å². The normalized spacial score (nSPS) is 11.1. The van der Waals surface area contributed by atoms with E-state index in [1.165, 1.54) is 12.3 Å². The second-order valence-corrected chi connectivity index (χ2v) is 5.42. The molecule has 0 heterocycles. The summed E-state index contributed by atoms with van der Waals surface area (Å²) in [6.07, 6.45) is 1.37. The number of hydrogen-bond donors (Lipinski definition) is 3. The molecular formula is C16H17ClN3O2+. The number of amides is 1. The smallest absolute Gasteiger partial charge is 0.271 e. The summed E-state index contributed by atoms with van der Waals surface area (Å²) in [5.74, 6) is -0.309. The summed E-state index contributed by atoms with van der Waals surface area (Å²) in [4.78, 5) is 13.2. The molecule has 0 saturated heterocycles. The fraction of sp³-hybridized carbons (Fsp3) is 0.125. The number of quaternary nitrogens is 1. The maximum atomic E-state index is 12.0. The summed E-state index contributed by atoms with van der Waals surface area (Å²) in [6.45, 7) is 0. The third kappa shape index (κ3) is 4.07. The number of aromatic hydroxyl groups is 1. The molecule has 0 radical (unpaired) electrons. The van der Waals surface area contributed by atoms with Crippen LogP contribution < -0.4 is 10.3 Å². The highest BCUT2D eigenvalue weighted by Crippen LogP contribution is 2.20. The zero-order valence-corrected chi connectivity index (χ0v) is 13.1. The van der Waals surface area contributed by atoms with Crippen molar-refractivity contribution < 1.29 is 14.8 Å². The van der Waals surface area contributed by atoms with Gasteiger partial charge in [-0.1, -0.05) is 17.7 Å². The predicted octanol–water partition coefficient (Wildman–Crippen LogP) is 1.59. The molecule has 2 aromatic carbocycles. The Labute approximate surface area is 133 Å². The second kappa shape index (κ2) is 7.06. The van der Waals surface area contributed by atoms with Gasteiger partial charge < -0.3 is 10.0 Å². The molecule has 2 aromatic rings. The quantitative estimate of drug-likeness (QED) is 0.592. The van der Waals surface area contributed by atoms with E-state index in [2.05, 4.69) is 10.5 Å². The fourth-order valence-corrected chi connectivity index (χ4v) is 1.99. The molecule has 0 atom stereocenters. The lowest BCUT2D eigenvalue weighted by Crippen LogP contribution is -3.00. The average molecular weight is 319 g/mol. The van der Waals surface area contributed by atoms with Crippen molar-refractivity contribution in [2.75, 3.05) is 14.1 Å². The Hall–Kier alpha value is -2.37. The van der Waals surface area contributed by atoms with Gasteiger partial charge in [0.2, 0.25) is 0 Å². The molecule has 0 aliphatic heterocycles. The van der Waals surface area contributed by atoms with E-state index < -0.39 is 0 Å². The Balaban J connectivity index is 2.06. The monoisotopic (exact) mass is 318 g/mol. The summed E-state index contributed by atoms with van der Waals surface area (Å²) in [5.41, 5.74) is 4.43. The van der Waals surface area contributed by atoms with E-state index in [-0.39, 0.29) is 11.7 Å². The molecule has 22 heavy (non-hydrogen) atoms. The third-order valence-corrected chi connectivity index (χ3v) is 3.30. The number of rotatable bonds is 4. The highest BCUT2D eigenvalue weighted by molar-refractivity contribution is 6.30. The SMILES string of the molecule is C[NH+](C)c1cccc(C(=O)N/N=C/c2ccc(Cl)cc2O)c1. The van der Waals surface area contributed by atoms with E-state index in [1.807, 2.05) is 26.2 Å². The minimum absolute atomic E-state index is 0.00343. The minimum atomic E-state index is -0.312. The average Bonchev–Trinajstić information content (AvgIpc) is 2.49. The number of phenolic OH excluding ortho intramolecular Hbond substituents is 1. The molecule has 0 unspecified atom stereocenters. The Kier molecular flexibility index (Phi) is 5.14. The number of nitrogens with zero attached hydrogens (tertiary/aromatic N) is 1. The van der Waals surface area contributed by atoms with Gasteiger partial charge in [-0.25, -0.2) is 5.43 Å². The lowest BCUT2D eigenvalue weighted by Gasteiger charge is -2.07. The molecule has 1 amide bonds. The molecular weight excluding hydrogens is 302 g/mol. The van der Waals surface area contributed by atoms with Gasteiger partial charge in [-0.3, -0.25) is 4.79 Å². The molecule has 0 fully saturated rings. The zero-order chi connectivity index (χ0) is 16.1. The van der Waals surface area contributed by atoms with Crippen molar-refractivity contribution in [1.29, 1.82) is 0 Å². The predicted molar refractivity (Wildman–Crippen MR) is 87.1 cm³/mol. The number of halogens is 1. The van der Waals surface area contributed by atoms with Crippen LogP contribution in [0.2, 0.25) is 5.02 Å². The molecule has 0 aliphatic carbocycles. The van der Waals surface area contributed by atoms with Crippen molar-refractivity contribution >= 4 is 29.4 Å². The highest BCUT2D eigenvalue weighted by atomic mass is 35.5. The Bertz CT molecular complexity index is 714. The van der Waals surface area contributed by atoms with Gasteiger partial charge in [-0.05, 0) is 30.3 Å². The lowest BCUT2D eigenvalue weighted by molar-refractivity contribution is -0.786. The van der Waals surface area contributed by atoms with Crippen LogP contribution in [0, 0.1) is 0 Å². The Morgan fingerprint density at radius 1 is 1.27 bits per heavy atom. The molecule has 6 heteroatoms. The molecule has 0 saturated carbocycles. The van der Waals surface area contributed by atoms with E-state index in [9.17, 15) is 9.90 Å². The number of benzene rings is 2. The first-order valence-corrected chi connectivity index (χ1v) is 7.07. The van der Waals surface area contributed by atoms with Crippen molar-refractivity contribution in [3.05, 3.63) is 58.6 Å². The van der Waals surface area contributed by atoms with Crippen molar-refractivity contribution in [3.63, 3.8) is 0 Å². The maximum absolute atomic E-state index is 12.0. The number of nitrogens with one attached hydrogen (secondary N) is 2. The zero-order valence-electron chi connectivity index (χ0n) is 12.3. The summed E-state index contributed by atoms with van der Waals surface area (Å²) in [6, 6.07) is 12.0. The van der Waals surface area contributed by atoms with E-state index in [0.717, 1.165) is 10.6 Å². The lowest BCUT2D eigenvalue weighted by atomic mass is 10.2. The Morgan fingerprint density at radius 3 is 2.73 bits per heavy atom. The van der Waals surface area contributed by atoms with Gasteiger partial charge in [-0.15, -0.1) is 0 Å². The van der Waals surface area contributed by atoms with E-state index in [0.29, 0.717) is 16.1 Å². The number of carbonyl (C=O) groups is 1. The molecule has 5 nitrogen and oxygen atoms in total. The summed E-state index contributed by atoms with van der Waals surface area (Å²) in [7, 11) is 3.97. The van der Waals surface area contributed by atoms with Crippen molar-refractivity contribution in [1.82, 2.24) is 5.43 Å². The van der Waals surface area contributed by atoms with Crippen LogP contribution in [0.25, 0.3) is 0 Å². The molecule has 0 spiro atoms. The second-order valence-electron chi connectivity index (χ2n) is 4.98. The van der Waals surface area contributed by atoms with Crippen LogP contribution in [0.4, 0.5) is 5.69 Å². The van der Waals surface area contributed by atoms with Gasteiger partial charge in [0.15, 0.2) is 0 Å². The van der Waals surface area contributed by atoms with E-state index in [1.54, 1.807) is 24.3 Å². The van der Waals surface area contributed by atoms with Gasteiger partial charge in [0.1, 0.15) is 11.4 Å². The first-order chi connectivity index (χ1) is 10.5. The number of carbonyl (C=O) groups excluding carboxylic acids is 1. The van der Waals surface area contributed by atoms with Crippen LogP contribution in [-0.2, 0) is 0 Å². The largest absolute Gasteiger partial charge is 0.507 e. The van der Waals surface area contributed by atoms with Gasteiger partial charge in [-0.2, -0.15) is 5.10 Å². The van der Waals surface area contributed by atoms with Gasteiger partial charge in [0.05, 0.1) is 20.3 Å². The first kappa shape index (κ1) is 16.0. The standard InChI is InChI=1S/C16H16ClN3O2/c1-20(2)14-5-3-4-11(8-14)16(22)19-18-10-12-6-7-13(17)9-15(12)21/h3-10,21H,1-2H3,(H,19,22)/p+1/b18-10+.